The van der Waals surface area contributed by atoms with E-state index in [1.54, 1.807) is 24.3 Å². The molecule has 0 bridgehead atoms. The van der Waals surface area contributed by atoms with Gasteiger partial charge in [0.1, 0.15) is 0 Å². The lowest BCUT2D eigenvalue weighted by atomic mass is 9.86. The second kappa shape index (κ2) is 3.98. The summed E-state index contributed by atoms with van der Waals surface area (Å²) in [5.74, 6) is -0.296. The average molecular weight is 254 g/mol. The fraction of sp³-hybridized carbons (Fsp3) is 0.143. The zero-order valence-corrected chi connectivity index (χ0v) is 10.2. The van der Waals surface area contributed by atoms with E-state index in [-0.39, 0.29) is 10.8 Å². The summed E-state index contributed by atoms with van der Waals surface area (Å²) < 4.78 is 0. The fourth-order valence-corrected chi connectivity index (χ4v) is 2.40. The lowest BCUT2D eigenvalue weighted by Crippen LogP contribution is -2.23. The van der Waals surface area contributed by atoms with Crippen LogP contribution in [0.5, 0.6) is 0 Å². The van der Waals surface area contributed by atoms with Crippen LogP contribution in [0.15, 0.2) is 41.4 Å². The van der Waals surface area contributed by atoms with E-state index in [1.165, 1.54) is 6.08 Å². The number of benzene rings is 1. The molecule has 0 N–H and O–H groups in total. The monoisotopic (exact) mass is 254 g/mol. The van der Waals surface area contributed by atoms with Crippen LogP contribution in [0.25, 0.3) is 5.57 Å². The molecular formula is C14H10N2O3. The lowest BCUT2D eigenvalue weighted by Gasteiger charge is -2.21. The van der Waals surface area contributed by atoms with Crippen molar-refractivity contribution in [1.29, 1.82) is 0 Å². The quantitative estimate of drug-likeness (QED) is 0.569. The summed E-state index contributed by atoms with van der Waals surface area (Å²) in [6.45, 7) is 1.88. The van der Waals surface area contributed by atoms with E-state index in [9.17, 15) is 14.9 Å². The van der Waals surface area contributed by atoms with Gasteiger partial charge in [0.15, 0.2) is 0 Å². The van der Waals surface area contributed by atoms with Crippen molar-refractivity contribution in [3.63, 3.8) is 0 Å². The minimum absolute atomic E-state index is 0.296. The first-order valence-electron chi connectivity index (χ1n) is 5.85. The lowest BCUT2D eigenvalue weighted by molar-refractivity contribution is -0.496. The molecule has 94 valence electrons. The van der Waals surface area contributed by atoms with Gasteiger partial charge in [0.05, 0.1) is 5.71 Å². The van der Waals surface area contributed by atoms with Gasteiger partial charge in [0.25, 0.3) is 11.9 Å². The summed E-state index contributed by atoms with van der Waals surface area (Å²) in [5.41, 5.74) is 3.37. The highest BCUT2D eigenvalue weighted by atomic mass is 16.6. The summed E-state index contributed by atoms with van der Waals surface area (Å²) in [4.78, 5) is 26.4. The molecule has 1 heterocycles. The molecule has 1 aromatic carbocycles. The Morgan fingerprint density at radius 2 is 2.16 bits per heavy atom. The predicted molar refractivity (Wildman–Crippen MR) is 70.8 cm³/mol. The summed E-state index contributed by atoms with van der Waals surface area (Å²) in [6.07, 6.45) is 4.55. The fourth-order valence-electron chi connectivity index (χ4n) is 2.40. The summed E-state index contributed by atoms with van der Waals surface area (Å²) in [6, 6.07) is 4.51. The van der Waals surface area contributed by atoms with Gasteiger partial charge in [0.2, 0.25) is 0 Å². The third-order valence-electron chi connectivity index (χ3n) is 3.30. The molecule has 0 fully saturated rings. The van der Waals surface area contributed by atoms with E-state index < -0.39 is 6.04 Å². The Kier molecular flexibility index (Phi) is 2.41. The van der Waals surface area contributed by atoms with E-state index >= 15 is 0 Å². The van der Waals surface area contributed by atoms with E-state index in [0.717, 1.165) is 11.1 Å². The molecular weight excluding hydrogens is 244 g/mol. The largest absolute Gasteiger partial charge is 0.278 e. The molecule has 0 saturated heterocycles. The number of carbonyl (C=O) groups is 1. The second-order valence-electron chi connectivity index (χ2n) is 4.52. The number of aryl methyl sites for hydroxylation is 1. The van der Waals surface area contributed by atoms with Crippen molar-refractivity contribution in [2.75, 3.05) is 0 Å². The van der Waals surface area contributed by atoms with Crippen LogP contribution in [0.3, 0.4) is 0 Å². The number of amides is 1. The maximum atomic E-state index is 11.9. The zero-order valence-electron chi connectivity index (χ0n) is 10.2. The normalized spacial score (nSPS) is 20.3. The van der Waals surface area contributed by atoms with Gasteiger partial charge in [0, 0.05) is 22.1 Å². The van der Waals surface area contributed by atoms with Crippen LogP contribution < -0.4 is 0 Å². The maximum absolute atomic E-state index is 11.9. The number of aliphatic imine (C=N–C) groups is 1. The van der Waals surface area contributed by atoms with Crippen LogP contribution in [-0.2, 0) is 0 Å². The van der Waals surface area contributed by atoms with Crippen LogP contribution >= 0.6 is 0 Å². The van der Waals surface area contributed by atoms with Crippen molar-refractivity contribution >= 4 is 17.2 Å². The van der Waals surface area contributed by atoms with Gasteiger partial charge in [-0.2, -0.15) is 0 Å². The molecule has 3 rings (SSSR count). The number of hydrogen-bond acceptors (Lipinski definition) is 3. The Morgan fingerprint density at radius 1 is 1.37 bits per heavy atom. The van der Waals surface area contributed by atoms with Crippen LogP contribution in [0.1, 0.15) is 21.5 Å². The van der Waals surface area contributed by atoms with Crippen LogP contribution in [-0.4, -0.2) is 22.6 Å². The molecule has 5 heteroatoms. The highest BCUT2D eigenvalue weighted by molar-refractivity contribution is 6.36. The molecule has 1 aliphatic carbocycles. The van der Waals surface area contributed by atoms with E-state index in [1.807, 2.05) is 13.0 Å². The number of nitro groups is 1. The van der Waals surface area contributed by atoms with Crippen molar-refractivity contribution in [1.82, 2.24) is 0 Å². The van der Waals surface area contributed by atoms with Crippen molar-refractivity contribution in [2.24, 2.45) is 4.99 Å². The molecule has 0 saturated carbocycles. The molecule has 1 amide bonds. The Bertz CT molecular complexity index is 699. The number of nitrogens with zero attached hydrogens (tertiary/aromatic N) is 2. The van der Waals surface area contributed by atoms with Crippen molar-refractivity contribution in [3.8, 4) is 0 Å². The van der Waals surface area contributed by atoms with Gasteiger partial charge in [-0.05, 0) is 36.3 Å². The van der Waals surface area contributed by atoms with Gasteiger partial charge in [-0.3, -0.25) is 14.9 Å². The Hall–Kier alpha value is -2.56. The molecule has 1 aliphatic heterocycles. The third kappa shape index (κ3) is 1.71. The Balaban J connectivity index is 2.24. The molecule has 1 aromatic rings. The summed E-state index contributed by atoms with van der Waals surface area (Å²) in [5, 5.41) is 10.9. The third-order valence-corrected chi connectivity index (χ3v) is 3.30. The van der Waals surface area contributed by atoms with Gasteiger partial charge in [-0.15, -0.1) is 0 Å². The van der Waals surface area contributed by atoms with E-state index in [0.29, 0.717) is 16.8 Å². The first-order chi connectivity index (χ1) is 9.08. The first-order valence-corrected chi connectivity index (χ1v) is 5.85. The molecule has 2 aliphatic rings. The van der Waals surface area contributed by atoms with Crippen LogP contribution in [0, 0.1) is 17.0 Å². The Morgan fingerprint density at radius 3 is 2.89 bits per heavy atom. The highest BCUT2D eigenvalue weighted by Crippen LogP contribution is 2.32. The van der Waals surface area contributed by atoms with Crippen molar-refractivity contribution in [3.05, 3.63) is 63.2 Å². The predicted octanol–water partition coefficient (Wildman–Crippen LogP) is 2.19. The number of fused-ring (bicyclic) bond motifs is 3. The van der Waals surface area contributed by atoms with Gasteiger partial charge in [-0.25, -0.2) is 4.99 Å². The van der Waals surface area contributed by atoms with Gasteiger partial charge >= 0.3 is 0 Å². The smallest absolute Gasteiger partial charge is 0.267 e. The maximum Gasteiger partial charge on any atom is 0.278 e. The average Bonchev–Trinajstić information content (AvgIpc) is 2.38. The number of carbonyl (C=O) groups excluding carboxylic acids is 1. The van der Waals surface area contributed by atoms with Crippen LogP contribution in [0.2, 0.25) is 0 Å². The topological polar surface area (TPSA) is 72.6 Å². The van der Waals surface area contributed by atoms with E-state index in [4.69, 9.17) is 0 Å². The molecule has 19 heavy (non-hydrogen) atoms. The minimum Gasteiger partial charge on any atom is -0.267 e. The summed E-state index contributed by atoms with van der Waals surface area (Å²) >= 11 is 0. The highest BCUT2D eigenvalue weighted by Gasteiger charge is 2.29. The molecule has 0 aromatic heterocycles. The molecule has 1 unspecified atom stereocenters. The Labute approximate surface area is 109 Å². The number of allylic oxidation sites excluding steroid dienone is 2. The van der Waals surface area contributed by atoms with E-state index in [2.05, 4.69) is 4.99 Å². The second-order valence-corrected chi connectivity index (χ2v) is 4.52. The number of rotatable bonds is 1. The van der Waals surface area contributed by atoms with Gasteiger partial charge < -0.3 is 0 Å². The molecule has 5 nitrogen and oxygen atoms in total. The standard InChI is InChI=1S/C14H10N2O3/c1-8-3-2-4-10-13(8)11-7-9(16(18)19)5-6-12(11)15-14(10)17/h2-7,9H,1H3. The van der Waals surface area contributed by atoms with Crippen molar-refractivity contribution < 1.29 is 9.72 Å². The SMILES string of the molecule is Cc1cccc2c1C1=CC([N+](=O)[O-])C=CC1=NC2=O. The minimum atomic E-state index is -0.866. The van der Waals surface area contributed by atoms with Crippen molar-refractivity contribution in [2.45, 2.75) is 13.0 Å². The molecule has 1 atom stereocenters. The number of hydrogen-bond donors (Lipinski definition) is 0. The molecule has 0 radical (unpaired) electrons. The van der Waals surface area contributed by atoms with Gasteiger partial charge in [-0.1, -0.05) is 12.1 Å². The van der Waals surface area contributed by atoms with Crippen LogP contribution in [0.4, 0.5) is 0 Å². The zero-order chi connectivity index (χ0) is 13.6. The summed E-state index contributed by atoms with van der Waals surface area (Å²) in [7, 11) is 0. The molecule has 0 spiro atoms. The first kappa shape index (κ1) is 11.5.